The van der Waals surface area contributed by atoms with E-state index >= 15 is 0 Å². The number of nitrogens with zero attached hydrogens (tertiary/aromatic N) is 1. The van der Waals surface area contributed by atoms with E-state index in [9.17, 15) is 14.0 Å². The Balaban J connectivity index is 1.62. The van der Waals surface area contributed by atoms with Crippen LogP contribution in [0.5, 0.6) is 11.5 Å². The third kappa shape index (κ3) is 4.95. The largest absolute Gasteiger partial charge is 0.497 e. The second-order valence-electron chi connectivity index (χ2n) is 9.06. The topological polar surface area (TPSA) is 67.9 Å². The first kappa shape index (κ1) is 25.0. The van der Waals surface area contributed by atoms with Crippen molar-refractivity contribution in [3.8, 4) is 11.5 Å². The molecular weight excluding hydrogens is 483 g/mol. The first-order valence-electron chi connectivity index (χ1n) is 12.2. The smallest absolute Gasteiger partial charge is 0.255 e. The number of hydrogen-bond acceptors (Lipinski definition) is 4. The number of hydrogen-bond donors (Lipinski definition) is 1. The molecule has 192 valence electrons. The molecule has 1 N–H and O–H groups in total. The summed E-state index contributed by atoms with van der Waals surface area (Å²) in [6, 6.07) is 27.1. The van der Waals surface area contributed by atoms with Crippen LogP contribution in [0, 0.1) is 5.82 Å². The van der Waals surface area contributed by atoms with E-state index in [0.29, 0.717) is 28.3 Å². The van der Waals surface area contributed by atoms with Crippen molar-refractivity contribution in [2.45, 2.75) is 18.5 Å². The molecule has 0 aliphatic carbocycles. The summed E-state index contributed by atoms with van der Waals surface area (Å²) in [6.45, 7) is 0.201. The predicted octanol–water partition coefficient (Wildman–Crippen LogP) is 5.96. The number of carbonyl (C=O) groups excluding carboxylic acids is 2. The highest BCUT2D eigenvalue weighted by Gasteiger charge is 2.44. The zero-order valence-corrected chi connectivity index (χ0v) is 21.1. The van der Waals surface area contributed by atoms with E-state index < -0.39 is 12.0 Å². The maximum Gasteiger partial charge on any atom is 0.255 e. The van der Waals surface area contributed by atoms with Crippen LogP contribution in [-0.4, -0.2) is 30.9 Å². The molecule has 7 heteroatoms. The molecule has 6 nitrogen and oxygen atoms in total. The maximum atomic E-state index is 14.0. The van der Waals surface area contributed by atoms with Gasteiger partial charge in [0.05, 0.1) is 26.2 Å². The lowest BCUT2D eigenvalue weighted by atomic mass is 9.79. The van der Waals surface area contributed by atoms with Crippen LogP contribution in [-0.2, 0) is 11.3 Å². The first-order chi connectivity index (χ1) is 18.5. The van der Waals surface area contributed by atoms with Gasteiger partial charge in [0.15, 0.2) is 0 Å². The molecule has 0 bridgehead atoms. The minimum atomic E-state index is -0.719. The minimum absolute atomic E-state index is 0.198. The van der Waals surface area contributed by atoms with Crippen molar-refractivity contribution in [1.82, 2.24) is 4.90 Å². The van der Waals surface area contributed by atoms with Crippen molar-refractivity contribution in [3.63, 3.8) is 0 Å². The number of carbonyl (C=O) groups is 2. The van der Waals surface area contributed by atoms with Crippen LogP contribution in [0.4, 0.5) is 10.1 Å². The number of methoxy groups -OCH3 is 2. The van der Waals surface area contributed by atoms with Crippen molar-refractivity contribution in [2.75, 3.05) is 19.5 Å². The Morgan fingerprint density at radius 2 is 1.58 bits per heavy atom. The van der Waals surface area contributed by atoms with E-state index in [2.05, 4.69) is 5.32 Å². The van der Waals surface area contributed by atoms with Crippen molar-refractivity contribution >= 4 is 17.5 Å². The quantitative estimate of drug-likeness (QED) is 0.333. The summed E-state index contributed by atoms with van der Waals surface area (Å²) in [7, 11) is 3.15. The predicted molar refractivity (Wildman–Crippen MR) is 143 cm³/mol. The molecule has 0 spiro atoms. The lowest BCUT2D eigenvalue weighted by Crippen LogP contribution is -2.45. The molecule has 1 heterocycles. The highest BCUT2D eigenvalue weighted by atomic mass is 19.1. The number of halogens is 1. The van der Waals surface area contributed by atoms with Crippen LogP contribution >= 0.6 is 0 Å². The maximum absolute atomic E-state index is 14.0. The zero-order chi connectivity index (χ0) is 26.6. The number of fused-ring (bicyclic) bond motifs is 1. The summed E-state index contributed by atoms with van der Waals surface area (Å²) < 4.78 is 24.3. The SMILES string of the molecule is COc1ccc([C@H]2[C@H](C(=O)Nc3cccc(OC)c3)c3ccccc3C(=O)N2Cc2ccc(F)cc2)cc1. The molecular formula is C31H27FN2O4. The van der Waals surface area contributed by atoms with Crippen molar-refractivity contribution < 1.29 is 23.5 Å². The fourth-order valence-corrected chi connectivity index (χ4v) is 4.93. The second-order valence-corrected chi connectivity index (χ2v) is 9.06. The Morgan fingerprint density at radius 3 is 2.29 bits per heavy atom. The minimum Gasteiger partial charge on any atom is -0.497 e. The molecule has 38 heavy (non-hydrogen) atoms. The Bertz CT molecular complexity index is 1450. The molecule has 4 aromatic carbocycles. The van der Waals surface area contributed by atoms with Gasteiger partial charge in [0, 0.05) is 23.9 Å². The first-order valence-corrected chi connectivity index (χ1v) is 12.2. The number of anilines is 1. The van der Waals surface area contributed by atoms with E-state index in [1.807, 2.05) is 36.4 Å². The highest BCUT2D eigenvalue weighted by Crippen LogP contribution is 2.44. The van der Waals surface area contributed by atoms with Crippen LogP contribution in [0.15, 0.2) is 97.1 Å². The standard InChI is InChI=1S/C31H27FN2O4/c1-37-24-16-12-21(13-17-24)29-28(30(35)33-23-6-5-7-25(18-23)38-2)26-8-3-4-9-27(26)31(36)34(29)19-20-10-14-22(32)15-11-20/h3-18,28-29H,19H2,1-2H3,(H,33,35)/t28-,29+/m1/s1. The van der Waals surface area contributed by atoms with E-state index in [4.69, 9.17) is 9.47 Å². The molecule has 1 aliphatic rings. The average Bonchev–Trinajstić information content (AvgIpc) is 2.95. The monoisotopic (exact) mass is 510 g/mol. The van der Waals surface area contributed by atoms with E-state index in [-0.39, 0.29) is 24.2 Å². The van der Waals surface area contributed by atoms with Gasteiger partial charge < -0.3 is 19.7 Å². The molecule has 0 aromatic heterocycles. The summed E-state index contributed by atoms with van der Waals surface area (Å²) in [5, 5.41) is 3.03. The molecule has 0 radical (unpaired) electrons. The molecule has 0 unspecified atom stereocenters. The fourth-order valence-electron chi connectivity index (χ4n) is 4.93. The number of ether oxygens (including phenoxy) is 2. The van der Waals surface area contributed by atoms with Crippen molar-refractivity contribution in [2.24, 2.45) is 0 Å². The van der Waals surface area contributed by atoms with Crippen molar-refractivity contribution in [1.29, 1.82) is 0 Å². The third-order valence-corrected chi connectivity index (χ3v) is 6.78. The van der Waals surface area contributed by atoms with Crippen LogP contribution in [0.2, 0.25) is 0 Å². The summed E-state index contributed by atoms with van der Waals surface area (Å²) in [5.74, 6) is -0.250. The fraction of sp³-hybridized carbons (Fsp3) is 0.161. The van der Waals surface area contributed by atoms with Gasteiger partial charge in [0.25, 0.3) is 5.91 Å². The van der Waals surface area contributed by atoms with Gasteiger partial charge >= 0.3 is 0 Å². The average molecular weight is 511 g/mol. The van der Waals surface area contributed by atoms with Gasteiger partial charge in [-0.2, -0.15) is 0 Å². The van der Waals surface area contributed by atoms with Gasteiger partial charge in [-0.15, -0.1) is 0 Å². The van der Waals surface area contributed by atoms with E-state index in [1.165, 1.54) is 12.1 Å². The number of benzene rings is 4. The van der Waals surface area contributed by atoms with Gasteiger partial charge in [0.1, 0.15) is 17.3 Å². The van der Waals surface area contributed by atoms with Gasteiger partial charge in [-0.25, -0.2) is 4.39 Å². The summed E-state index contributed by atoms with van der Waals surface area (Å²) in [4.78, 5) is 29.6. The highest BCUT2D eigenvalue weighted by molar-refractivity contribution is 6.04. The van der Waals surface area contributed by atoms with Gasteiger partial charge in [-0.1, -0.05) is 48.5 Å². The summed E-state index contributed by atoms with van der Waals surface area (Å²) in [6.07, 6.45) is 0. The third-order valence-electron chi connectivity index (χ3n) is 6.78. The van der Waals surface area contributed by atoms with Crippen LogP contribution < -0.4 is 14.8 Å². The molecule has 5 rings (SSSR count). The number of rotatable bonds is 7. The molecule has 0 saturated heterocycles. The summed E-state index contributed by atoms with van der Waals surface area (Å²) in [5.41, 5.74) is 3.23. The molecule has 2 atom stereocenters. The lowest BCUT2D eigenvalue weighted by molar-refractivity contribution is -0.119. The zero-order valence-electron chi connectivity index (χ0n) is 21.1. The van der Waals surface area contributed by atoms with Gasteiger partial charge in [-0.3, -0.25) is 9.59 Å². The summed E-state index contributed by atoms with van der Waals surface area (Å²) >= 11 is 0. The molecule has 0 fully saturated rings. The normalized spacial score (nSPS) is 16.5. The molecule has 2 amide bonds. The lowest BCUT2D eigenvalue weighted by Gasteiger charge is -2.42. The molecule has 0 saturated carbocycles. The number of nitrogens with one attached hydrogen (secondary N) is 1. The van der Waals surface area contributed by atoms with E-state index in [0.717, 1.165) is 11.1 Å². The Kier molecular flexibility index (Phi) is 7.09. The Hall–Kier alpha value is -4.65. The van der Waals surface area contributed by atoms with Crippen LogP contribution in [0.25, 0.3) is 0 Å². The van der Waals surface area contributed by atoms with E-state index in [1.54, 1.807) is 67.7 Å². The van der Waals surface area contributed by atoms with Crippen molar-refractivity contribution in [3.05, 3.63) is 125 Å². The van der Waals surface area contributed by atoms with Gasteiger partial charge in [-0.05, 0) is 59.2 Å². The molecule has 4 aromatic rings. The second kappa shape index (κ2) is 10.8. The number of amides is 2. The Morgan fingerprint density at radius 1 is 0.868 bits per heavy atom. The van der Waals surface area contributed by atoms with Crippen LogP contribution in [0.3, 0.4) is 0 Å². The molecule has 1 aliphatic heterocycles. The van der Waals surface area contributed by atoms with Gasteiger partial charge in [0.2, 0.25) is 5.91 Å². The van der Waals surface area contributed by atoms with Crippen LogP contribution in [0.1, 0.15) is 39.0 Å². The Labute approximate surface area is 220 Å².